The second-order valence-electron chi connectivity index (χ2n) is 4.22. The van der Waals surface area contributed by atoms with Crippen molar-refractivity contribution in [1.82, 2.24) is 0 Å². The fourth-order valence-electron chi connectivity index (χ4n) is 0.843. The van der Waals surface area contributed by atoms with Crippen molar-refractivity contribution in [2.75, 3.05) is 6.61 Å². The van der Waals surface area contributed by atoms with Gasteiger partial charge in [0.05, 0.1) is 0 Å². The Bertz CT molecular complexity index is 168. The first-order chi connectivity index (χ1) is 5.77. The van der Waals surface area contributed by atoms with E-state index < -0.39 is 5.92 Å². The number of allylic oxidation sites excluding steroid dienone is 2. The molecule has 0 aliphatic carbocycles. The van der Waals surface area contributed by atoms with Gasteiger partial charge in [0.2, 0.25) is 0 Å². The third-order valence-electron chi connectivity index (χ3n) is 1.83. The fourth-order valence-corrected chi connectivity index (χ4v) is 0.843. The minimum absolute atomic E-state index is 0.0867. The Labute approximate surface area is 78.5 Å². The molecule has 0 saturated heterocycles. The molecule has 0 radical (unpaired) electrons. The summed E-state index contributed by atoms with van der Waals surface area (Å²) in [5.74, 6) is -2.72. The highest BCUT2D eigenvalue weighted by Crippen LogP contribution is 2.22. The Balaban J connectivity index is 3.74. The molecule has 0 atom stereocenters. The van der Waals surface area contributed by atoms with E-state index in [1.807, 2.05) is 13.8 Å². The van der Waals surface area contributed by atoms with Crippen LogP contribution in [0.4, 0.5) is 8.78 Å². The molecule has 0 unspecified atom stereocenters. The van der Waals surface area contributed by atoms with Crippen molar-refractivity contribution >= 4 is 0 Å². The summed E-state index contributed by atoms with van der Waals surface area (Å²) >= 11 is 0. The third kappa shape index (κ3) is 7.91. The Hall–Kier alpha value is -0.440. The zero-order chi connectivity index (χ0) is 10.5. The Morgan fingerprint density at radius 2 is 1.77 bits per heavy atom. The first kappa shape index (κ1) is 12.6. The summed E-state index contributed by atoms with van der Waals surface area (Å²) in [7, 11) is 0. The molecule has 0 saturated carbocycles. The molecule has 0 heterocycles. The first-order valence-electron chi connectivity index (χ1n) is 4.43. The van der Waals surface area contributed by atoms with Gasteiger partial charge < -0.3 is 5.11 Å². The van der Waals surface area contributed by atoms with Gasteiger partial charge in [-0.3, -0.25) is 0 Å². The maximum Gasteiger partial charge on any atom is 0.263 e. The lowest BCUT2D eigenvalue weighted by Gasteiger charge is -2.20. The molecule has 0 aromatic carbocycles. The largest absolute Gasteiger partial charge is 0.396 e. The molecule has 0 aromatic rings. The fraction of sp³-hybridized carbons (Fsp3) is 0.800. The Morgan fingerprint density at radius 1 is 1.23 bits per heavy atom. The van der Waals surface area contributed by atoms with E-state index in [2.05, 4.69) is 0 Å². The van der Waals surface area contributed by atoms with Crippen molar-refractivity contribution < 1.29 is 13.9 Å². The summed E-state index contributed by atoms with van der Waals surface area (Å²) in [6.07, 6.45) is 3.67. The lowest BCUT2D eigenvalue weighted by molar-refractivity contribution is 0.0769. The molecule has 0 spiro atoms. The van der Waals surface area contributed by atoms with Gasteiger partial charge in [-0.15, -0.1) is 0 Å². The molecule has 3 heteroatoms. The summed E-state index contributed by atoms with van der Waals surface area (Å²) in [5, 5.41) is 8.88. The molecule has 0 bridgehead atoms. The monoisotopic (exact) mass is 192 g/mol. The third-order valence-corrected chi connectivity index (χ3v) is 1.83. The molecule has 0 fully saturated rings. The second-order valence-corrected chi connectivity index (χ2v) is 4.22. The van der Waals surface area contributed by atoms with Crippen molar-refractivity contribution in [3.8, 4) is 0 Å². The number of rotatable bonds is 5. The van der Waals surface area contributed by atoms with Gasteiger partial charge in [-0.2, -0.15) is 0 Å². The lowest BCUT2D eigenvalue weighted by atomic mass is 9.89. The van der Waals surface area contributed by atoms with Crippen molar-refractivity contribution in [3.63, 3.8) is 0 Å². The van der Waals surface area contributed by atoms with Gasteiger partial charge in [0, 0.05) is 13.5 Å². The summed E-state index contributed by atoms with van der Waals surface area (Å²) in [5.41, 5.74) is -0.173. The summed E-state index contributed by atoms with van der Waals surface area (Å²) in [6, 6.07) is 0. The van der Waals surface area contributed by atoms with Crippen LogP contribution in [0.15, 0.2) is 12.2 Å². The minimum Gasteiger partial charge on any atom is -0.396 e. The van der Waals surface area contributed by atoms with Crippen LogP contribution in [-0.2, 0) is 0 Å². The highest BCUT2D eigenvalue weighted by molar-refractivity contribution is 4.92. The Kier molecular flexibility index (Phi) is 4.54. The lowest BCUT2D eigenvalue weighted by Crippen LogP contribution is -2.15. The van der Waals surface area contributed by atoms with Gasteiger partial charge in [-0.25, -0.2) is 8.78 Å². The van der Waals surface area contributed by atoms with Crippen LogP contribution < -0.4 is 0 Å². The first-order valence-corrected chi connectivity index (χ1v) is 4.43. The predicted octanol–water partition coefficient (Wildman–Crippen LogP) is 3.00. The SMILES string of the molecule is CC(F)(F)C=CCCC(C)(C)CO. The van der Waals surface area contributed by atoms with E-state index in [1.54, 1.807) is 0 Å². The van der Waals surface area contributed by atoms with E-state index in [-0.39, 0.29) is 12.0 Å². The number of aliphatic hydroxyl groups excluding tert-OH is 1. The van der Waals surface area contributed by atoms with E-state index in [4.69, 9.17) is 5.11 Å². The van der Waals surface area contributed by atoms with E-state index in [1.165, 1.54) is 6.08 Å². The van der Waals surface area contributed by atoms with Crippen LogP contribution >= 0.6 is 0 Å². The highest BCUT2D eigenvalue weighted by atomic mass is 19.3. The summed E-state index contributed by atoms with van der Waals surface area (Å²) in [4.78, 5) is 0. The maximum atomic E-state index is 12.3. The number of hydrogen-bond acceptors (Lipinski definition) is 1. The van der Waals surface area contributed by atoms with E-state index >= 15 is 0 Å². The summed E-state index contributed by atoms with van der Waals surface area (Å²) in [6.45, 7) is 4.76. The standard InChI is InChI=1S/C10H18F2O/c1-9(2,8-13)6-4-5-7-10(3,11)12/h5,7,13H,4,6,8H2,1-3H3. The zero-order valence-corrected chi connectivity index (χ0v) is 8.48. The molecule has 13 heavy (non-hydrogen) atoms. The molecule has 0 aromatic heterocycles. The van der Waals surface area contributed by atoms with Crippen LogP contribution in [0.1, 0.15) is 33.6 Å². The van der Waals surface area contributed by atoms with Crippen molar-refractivity contribution in [2.24, 2.45) is 5.41 Å². The summed E-state index contributed by atoms with van der Waals surface area (Å²) < 4.78 is 24.6. The Morgan fingerprint density at radius 3 is 2.15 bits per heavy atom. The number of halogens is 2. The zero-order valence-electron chi connectivity index (χ0n) is 8.48. The number of alkyl halides is 2. The van der Waals surface area contributed by atoms with Crippen LogP contribution in [0.3, 0.4) is 0 Å². The van der Waals surface area contributed by atoms with E-state index in [9.17, 15) is 8.78 Å². The van der Waals surface area contributed by atoms with E-state index in [0.717, 1.165) is 19.4 Å². The van der Waals surface area contributed by atoms with Crippen LogP contribution in [0.25, 0.3) is 0 Å². The molecular weight excluding hydrogens is 174 g/mol. The van der Waals surface area contributed by atoms with Crippen LogP contribution in [0.2, 0.25) is 0 Å². The average Bonchev–Trinajstić information content (AvgIpc) is 1.97. The molecular formula is C10H18F2O. The van der Waals surface area contributed by atoms with Gasteiger partial charge >= 0.3 is 0 Å². The molecule has 0 amide bonds. The van der Waals surface area contributed by atoms with Gasteiger partial charge in [0.1, 0.15) is 0 Å². The highest BCUT2D eigenvalue weighted by Gasteiger charge is 2.17. The van der Waals surface area contributed by atoms with Gasteiger partial charge in [0.15, 0.2) is 0 Å². The second kappa shape index (κ2) is 4.70. The molecule has 78 valence electrons. The van der Waals surface area contributed by atoms with Crippen molar-refractivity contribution in [2.45, 2.75) is 39.5 Å². The maximum absolute atomic E-state index is 12.3. The topological polar surface area (TPSA) is 20.2 Å². The molecule has 1 N–H and O–H groups in total. The quantitative estimate of drug-likeness (QED) is 0.664. The smallest absolute Gasteiger partial charge is 0.263 e. The molecule has 0 rings (SSSR count). The minimum atomic E-state index is -2.72. The normalized spacial score (nSPS) is 14.0. The average molecular weight is 192 g/mol. The molecule has 1 nitrogen and oxygen atoms in total. The number of hydrogen-bond donors (Lipinski definition) is 1. The molecule has 0 aliphatic heterocycles. The van der Waals surface area contributed by atoms with Crippen molar-refractivity contribution in [3.05, 3.63) is 12.2 Å². The van der Waals surface area contributed by atoms with Gasteiger partial charge in [-0.05, 0) is 24.3 Å². The van der Waals surface area contributed by atoms with E-state index in [0.29, 0.717) is 6.42 Å². The predicted molar refractivity (Wildman–Crippen MR) is 49.9 cm³/mol. The van der Waals surface area contributed by atoms with Crippen LogP contribution in [0.5, 0.6) is 0 Å². The molecule has 0 aliphatic rings. The number of aliphatic hydroxyl groups is 1. The van der Waals surface area contributed by atoms with Gasteiger partial charge in [-0.1, -0.05) is 19.9 Å². The van der Waals surface area contributed by atoms with Crippen LogP contribution in [0, 0.1) is 5.41 Å². The van der Waals surface area contributed by atoms with Gasteiger partial charge in [0.25, 0.3) is 5.92 Å². The van der Waals surface area contributed by atoms with Crippen molar-refractivity contribution in [1.29, 1.82) is 0 Å². The van der Waals surface area contributed by atoms with Crippen LogP contribution in [-0.4, -0.2) is 17.6 Å².